The number of nitrogens with zero attached hydrogens (tertiary/aromatic N) is 3. The Morgan fingerprint density at radius 1 is 1.40 bits per heavy atom. The van der Waals surface area contributed by atoms with Crippen LogP contribution in [-0.4, -0.2) is 68.1 Å². The van der Waals surface area contributed by atoms with E-state index in [9.17, 15) is 0 Å². The molecule has 142 valence electrons. The van der Waals surface area contributed by atoms with Crippen molar-refractivity contribution in [1.29, 1.82) is 0 Å². The average molecular weight is 350 g/mol. The largest absolute Gasteiger partial charge is 0.468 e. The number of nitrogens with one attached hydrogen (secondary N) is 2. The summed E-state index contributed by atoms with van der Waals surface area (Å²) in [6.07, 6.45) is 1.72. The van der Waals surface area contributed by atoms with Crippen molar-refractivity contribution in [3.8, 4) is 0 Å². The van der Waals surface area contributed by atoms with Crippen LogP contribution in [0.1, 0.15) is 39.5 Å². The second-order valence-electron chi connectivity index (χ2n) is 7.49. The molecule has 0 saturated carbocycles. The Labute approximate surface area is 152 Å². The van der Waals surface area contributed by atoms with Crippen molar-refractivity contribution in [2.75, 3.05) is 40.3 Å². The Morgan fingerprint density at radius 2 is 2.16 bits per heavy atom. The number of likely N-dealkylation sites (N-methyl/N-ethyl adjacent to an activating group) is 1. The fourth-order valence-corrected chi connectivity index (χ4v) is 3.28. The van der Waals surface area contributed by atoms with Gasteiger partial charge >= 0.3 is 0 Å². The van der Waals surface area contributed by atoms with E-state index in [2.05, 4.69) is 62.2 Å². The minimum Gasteiger partial charge on any atom is -0.468 e. The molecule has 1 saturated heterocycles. The van der Waals surface area contributed by atoms with Gasteiger partial charge in [-0.3, -0.25) is 14.8 Å². The van der Waals surface area contributed by atoms with Gasteiger partial charge in [-0.2, -0.15) is 0 Å². The lowest BCUT2D eigenvalue weighted by Crippen LogP contribution is -2.47. The standard InChI is InChI=1S/C19H35N5O/c1-7-20-19(22-16-13-24(14(2)3)12-15(16)4)21-11-17(23(5)6)18-9-8-10-25-18/h8-10,14-17H,7,11-13H2,1-6H3,(H2,20,21,22). The summed E-state index contributed by atoms with van der Waals surface area (Å²) in [6, 6.07) is 5.10. The maximum atomic E-state index is 5.58. The predicted octanol–water partition coefficient (Wildman–Crippen LogP) is 2.17. The van der Waals surface area contributed by atoms with Gasteiger partial charge in [0.1, 0.15) is 5.76 Å². The summed E-state index contributed by atoms with van der Waals surface area (Å²) >= 11 is 0. The number of aliphatic imine (C=N–C) groups is 1. The molecule has 3 atom stereocenters. The number of hydrogen-bond donors (Lipinski definition) is 2. The van der Waals surface area contributed by atoms with Gasteiger partial charge in [-0.15, -0.1) is 0 Å². The maximum absolute atomic E-state index is 5.58. The quantitative estimate of drug-likeness (QED) is 0.584. The molecule has 1 aliphatic heterocycles. The van der Waals surface area contributed by atoms with Crippen LogP contribution in [-0.2, 0) is 0 Å². The van der Waals surface area contributed by atoms with Crippen LogP contribution in [0.25, 0.3) is 0 Å². The van der Waals surface area contributed by atoms with Crippen LogP contribution in [0.2, 0.25) is 0 Å². The number of guanidine groups is 1. The summed E-state index contributed by atoms with van der Waals surface area (Å²) in [6.45, 7) is 12.7. The first-order valence-electron chi connectivity index (χ1n) is 9.41. The molecule has 25 heavy (non-hydrogen) atoms. The molecule has 6 heteroatoms. The number of likely N-dealkylation sites (tertiary alicyclic amines) is 1. The van der Waals surface area contributed by atoms with Crippen LogP contribution >= 0.6 is 0 Å². The molecule has 0 radical (unpaired) electrons. The van der Waals surface area contributed by atoms with Crippen LogP contribution in [0, 0.1) is 5.92 Å². The molecule has 1 aromatic heterocycles. The molecule has 0 bridgehead atoms. The van der Waals surface area contributed by atoms with E-state index >= 15 is 0 Å². The Hall–Kier alpha value is -1.53. The zero-order valence-corrected chi connectivity index (χ0v) is 16.6. The Balaban J connectivity index is 2.02. The van der Waals surface area contributed by atoms with Crippen molar-refractivity contribution in [3.63, 3.8) is 0 Å². The summed E-state index contributed by atoms with van der Waals surface area (Å²) in [7, 11) is 4.12. The lowest BCUT2D eigenvalue weighted by molar-refractivity contribution is 0.264. The topological polar surface area (TPSA) is 56.0 Å². The van der Waals surface area contributed by atoms with Gasteiger partial charge in [-0.1, -0.05) is 6.92 Å². The van der Waals surface area contributed by atoms with Crippen LogP contribution in [0.4, 0.5) is 0 Å². The normalized spacial score (nSPS) is 23.4. The lowest BCUT2D eigenvalue weighted by atomic mass is 10.1. The molecule has 0 aliphatic carbocycles. The van der Waals surface area contributed by atoms with Crippen molar-refractivity contribution in [3.05, 3.63) is 24.2 Å². The van der Waals surface area contributed by atoms with Crippen molar-refractivity contribution < 1.29 is 4.42 Å². The van der Waals surface area contributed by atoms with Gasteiger partial charge in [-0.05, 0) is 52.9 Å². The molecule has 2 N–H and O–H groups in total. The van der Waals surface area contributed by atoms with Crippen LogP contribution < -0.4 is 10.6 Å². The van der Waals surface area contributed by atoms with Gasteiger partial charge in [0.15, 0.2) is 5.96 Å². The van der Waals surface area contributed by atoms with Crippen molar-refractivity contribution >= 4 is 5.96 Å². The first-order chi connectivity index (χ1) is 11.9. The van der Waals surface area contributed by atoms with Gasteiger partial charge in [0.25, 0.3) is 0 Å². The molecular weight excluding hydrogens is 314 g/mol. The van der Waals surface area contributed by atoms with E-state index in [0.29, 0.717) is 24.5 Å². The first-order valence-corrected chi connectivity index (χ1v) is 9.41. The lowest BCUT2D eigenvalue weighted by Gasteiger charge is -2.23. The summed E-state index contributed by atoms with van der Waals surface area (Å²) < 4.78 is 5.58. The smallest absolute Gasteiger partial charge is 0.191 e. The highest BCUT2D eigenvalue weighted by atomic mass is 16.3. The minimum atomic E-state index is 0.138. The third-order valence-corrected chi connectivity index (χ3v) is 4.95. The third kappa shape index (κ3) is 5.47. The van der Waals surface area contributed by atoms with Gasteiger partial charge in [-0.25, -0.2) is 0 Å². The van der Waals surface area contributed by atoms with E-state index in [4.69, 9.17) is 9.41 Å². The SMILES string of the molecule is CCNC(=NCC(c1ccco1)N(C)C)NC1CN(C(C)C)CC1C. The van der Waals surface area contributed by atoms with Crippen LogP contribution in [0.5, 0.6) is 0 Å². The summed E-state index contributed by atoms with van der Waals surface area (Å²) in [5.74, 6) is 2.45. The average Bonchev–Trinajstić information content (AvgIpc) is 3.18. The molecule has 6 nitrogen and oxygen atoms in total. The molecule has 2 rings (SSSR count). The molecule has 0 spiro atoms. The zero-order chi connectivity index (χ0) is 18.4. The second kappa shape index (κ2) is 9.25. The molecule has 1 fully saturated rings. The number of furan rings is 1. The van der Waals surface area contributed by atoms with Gasteiger partial charge in [0, 0.05) is 31.7 Å². The highest BCUT2D eigenvalue weighted by Gasteiger charge is 2.31. The molecule has 2 heterocycles. The minimum absolute atomic E-state index is 0.138. The van der Waals surface area contributed by atoms with E-state index < -0.39 is 0 Å². The van der Waals surface area contributed by atoms with E-state index in [1.807, 2.05) is 12.1 Å². The fraction of sp³-hybridized carbons (Fsp3) is 0.737. The predicted molar refractivity (Wildman–Crippen MR) is 104 cm³/mol. The van der Waals surface area contributed by atoms with E-state index in [1.54, 1.807) is 6.26 Å². The van der Waals surface area contributed by atoms with Crippen molar-refractivity contribution in [2.24, 2.45) is 10.9 Å². The van der Waals surface area contributed by atoms with Gasteiger partial charge in [0.2, 0.25) is 0 Å². The highest BCUT2D eigenvalue weighted by Crippen LogP contribution is 2.20. The van der Waals surface area contributed by atoms with E-state index in [0.717, 1.165) is 31.4 Å². The highest BCUT2D eigenvalue weighted by molar-refractivity contribution is 5.80. The van der Waals surface area contributed by atoms with Gasteiger partial charge in [0.05, 0.1) is 18.8 Å². The molecule has 0 amide bonds. The molecule has 1 aliphatic rings. The monoisotopic (exact) mass is 349 g/mol. The third-order valence-electron chi connectivity index (χ3n) is 4.95. The van der Waals surface area contributed by atoms with Gasteiger partial charge < -0.3 is 15.1 Å². The second-order valence-corrected chi connectivity index (χ2v) is 7.49. The van der Waals surface area contributed by atoms with Crippen LogP contribution in [0.15, 0.2) is 27.8 Å². The Kier molecular flexibility index (Phi) is 7.32. The van der Waals surface area contributed by atoms with Crippen molar-refractivity contribution in [2.45, 2.75) is 45.8 Å². The maximum Gasteiger partial charge on any atom is 0.191 e. The van der Waals surface area contributed by atoms with E-state index in [-0.39, 0.29) is 6.04 Å². The fourth-order valence-electron chi connectivity index (χ4n) is 3.28. The summed E-state index contributed by atoms with van der Waals surface area (Å²) in [4.78, 5) is 9.50. The Bertz CT molecular complexity index is 526. The van der Waals surface area contributed by atoms with Crippen molar-refractivity contribution in [1.82, 2.24) is 20.4 Å². The van der Waals surface area contributed by atoms with E-state index in [1.165, 1.54) is 0 Å². The Morgan fingerprint density at radius 3 is 2.68 bits per heavy atom. The first kappa shape index (κ1) is 19.8. The summed E-state index contributed by atoms with van der Waals surface area (Å²) in [5, 5.41) is 7.02. The molecule has 1 aromatic rings. The summed E-state index contributed by atoms with van der Waals surface area (Å²) in [5.41, 5.74) is 0. The number of hydrogen-bond acceptors (Lipinski definition) is 4. The molecule has 0 aromatic carbocycles. The van der Waals surface area contributed by atoms with Crippen LogP contribution in [0.3, 0.4) is 0 Å². The number of rotatable bonds is 7. The molecule has 3 unspecified atom stereocenters. The zero-order valence-electron chi connectivity index (χ0n) is 16.6. The molecular formula is C19H35N5O.